The Morgan fingerprint density at radius 1 is 1.40 bits per heavy atom. The van der Waals surface area contributed by atoms with E-state index in [1.165, 1.54) is 6.92 Å². The summed E-state index contributed by atoms with van der Waals surface area (Å²) in [5.41, 5.74) is 0.620. The quantitative estimate of drug-likeness (QED) is 0.842. The van der Waals surface area contributed by atoms with Crippen LogP contribution in [0.3, 0.4) is 0 Å². The second-order valence-electron chi connectivity index (χ2n) is 5.89. The van der Waals surface area contributed by atoms with Crippen molar-refractivity contribution in [1.82, 2.24) is 5.32 Å². The van der Waals surface area contributed by atoms with Crippen LogP contribution in [0.25, 0.3) is 5.57 Å². The van der Waals surface area contributed by atoms with E-state index in [4.69, 9.17) is 9.47 Å². The smallest absolute Gasteiger partial charge is 0.414 e. The summed E-state index contributed by atoms with van der Waals surface area (Å²) in [7, 11) is 0. The predicted molar refractivity (Wildman–Crippen MR) is 86.1 cm³/mol. The summed E-state index contributed by atoms with van der Waals surface area (Å²) in [5, 5.41) is 3.08. The van der Waals surface area contributed by atoms with Gasteiger partial charge in [0.05, 0.1) is 12.2 Å². The topological polar surface area (TPSA) is 67.9 Å². The van der Waals surface area contributed by atoms with Gasteiger partial charge in [-0.3, -0.25) is 9.69 Å². The van der Waals surface area contributed by atoms with Gasteiger partial charge in [-0.2, -0.15) is 0 Å². The SMILES string of the molecule is CC(=O)OC[C@H]1CN(c2cc(F)c(C3=CCNCC3)c(F)c2)C(=O)O1. The van der Waals surface area contributed by atoms with E-state index >= 15 is 0 Å². The van der Waals surface area contributed by atoms with Gasteiger partial charge in [0.1, 0.15) is 18.2 Å². The molecule has 6 nitrogen and oxygen atoms in total. The van der Waals surface area contributed by atoms with Gasteiger partial charge in [-0.05, 0) is 30.7 Å². The standard InChI is InChI=1S/C17H18F2N2O4/c1-10(22)24-9-13-8-21(17(23)25-13)12-6-14(18)16(15(19)7-12)11-2-4-20-5-3-11/h2,6-7,13,20H,3-5,8-9H2,1H3/t13-/m1/s1. The van der Waals surface area contributed by atoms with Gasteiger partial charge in [-0.15, -0.1) is 0 Å². The normalized spacial score (nSPS) is 20.3. The first kappa shape index (κ1) is 17.3. The van der Waals surface area contributed by atoms with Crippen molar-refractivity contribution in [2.75, 3.05) is 31.1 Å². The number of ether oxygens (including phenoxy) is 2. The molecule has 2 heterocycles. The molecule has 0 unspecified atom stereocenters. The van der Waals surface area contributed by atoms with Crippen molar-refractivity contribution in [1.29, 1.82) is 0 Å². The van der Waals surface area contributed by atoms with E-state index < -0.39 is 29.8 Å². The van der Waals surface area contributed by atoms with E-state index in [1.54, 1.807) is 6.08 Å². The van der Waals surface area contributed by atoms with Crippen LogP contribution in [0.15, 0.2) is 18.2 Å². The Morgan fingerprint density at radius 2 is 2.12 bits per heavy atom. The average Bonchev–Trinajstić information content (AvgIpc) is 2.94. The highest BCUT2D eigenvalue weighted by Gasteiger charge is 2.34. The molecular weight excluding hydrogens is 334 g/mol. The van der Waals surface area contributed by atoms with Crippen molar-refractivity contribution < 1.29 is 27.8 Å². The molecule has 1 saturated heterocycles. The zero-order valence-corrected chi connectivity index (χ0v) is 13.7. The molecule has 0 aliphatic carbocycles. The third-order valence-electron chi connectivity index (χ3n) is 4.07. The van der Waals surface area contributed by atoms with Crippen LogP contribution in [-0.2, 0) is 14.3 Å². The van der Waals surface area contributed by atoms with Gasteiger partial charge in [-0.1, -0.05) is 6.08 Å². The van der Waals surface area contributed by atoms with Gasteiger partial charge >= 0.3 is 12.1 Å². The van der Waals surface area contributed by atoms with Gasteiger partial charge in [0.25, 0.3) is 0 Å². The molecule has 0 radical (unpaired) electrons. The third-order valence-corrected chi connectivity index (χ3v) is 4.07. The molecule has 2 aliphatic rings. The average molecular weight is 352 g/mol. The summed E-state index contributed by atoms with van der Waals surface area (Å²) in [6, 6.07) is 2.24. The largest absolute Gasteiger partial charge is 0.462 e. The monoisotopic (exact) mass is 352 g/mol. The van der Waals surface area contributed by atoms with Crippen molar-refractivity contribution in [2.45, 2.75) is 19.4 Å². The molecule has 1 amide bonds. The van der Waals surface area contributed by atoms with Crippen LogP contribution in [0, 0.1) is 11.6 Å². The molecule has 1 atom stereocenters. The number of anilines is 1. The highest BCUT2D eigenvalue weighted by Crippen LogP contribution is 2.31. The fraction of sp³-hybridized carbons (Fsp3) is 0.412. The van der Waals surface area contributed by atoms with Gasteiger partial charge in [-0.25, -0.2) is 13.6 Å². The van der Waals surface area contributed by atoms with Crippen molar-refractivity contribution in [3.63, 3.8) is 0 Å². The number of hydrogen-bond donors (Lipinski definition) is 1. The first-order valence-corrected chi connectivity index (χ1v) is 7.96. The van der Waals surface area contributed by atoms with Gasteiger partial charge in [0, 0.05) is 19.0 Å². The Hall–Kier alpha value is -2.48. The van der Waals surface area contributed by atoms with Crippen LogP contribution in [0.4, 0.5) is 19.3 Å². The number of hydrogen-bond acceptors (Lipinski definition) is 5. The molecule has 1 aromatic carbocycles. The van der Waals surface area contributed by atoms with E-state index in [2.05, 4.69) is 5.32 Å². The lowest BCUT2D eigenvalue weighted by Crippen LogP contribution is -2.27. The number of amides is 1. The minimum absolute atomic E-state index is 0.0525. The summed E-state index contributed by atoms with van der Waals surface area (Å²) in [4.78, 5) is 23.9. The van der Waals surface area contributed by atoms with Crippen LogP contribution >= 0.6 is 0 Å². The molecule has 1 fully saturated rings. The van der Waals surface area contributed by atoms with Crippen molar-refractivity contribution in [3.05, 3.63) is 35.4 Å². The van der Waals surface area contributed by atoms with Crippen LogP contribution in [-0.4, -0.2) is 44.4 Å². The number of halogens is 2. The molecule has 8 heteroatoms. The lowest BCUT2D eigenvalue weighted by Gasteiger charge is -2.18. The zero-order chi connectivity index (χ0) is 18.0. The summed E-state index contributed by atoms with van der Waals surface area (Å²) in [5.74, 6) is -1.94. The second-order valence-corrected chi connectivity index (χ2v) is 5.89. The molecule has 1 aromatic rings. The number of cyclic esters (lactones) is 1. The maximum Gasteiger partial charge on any atom is 0.414 e. The molecule has 0 saturated carbocycles. The molecule has 25 heavy (non-hydrogen) atoms. The third kappa shape index (κ3) is 3.79. The van der Waals surface area contributed by atoms with E-state index in [0.717, 1.165) is 17.0 Å². The number of rotatable bonds is 4. The Balaban J connectivity index is 1.80. The Bertz CT molecular complexity index is 712. The maximum atomic E-state index is 14.5. The van der Waals surface area contributed by atoms with Crippen molar-refractivity contribution in [2.24, 2.45) is 0 Å². The van der Waals surface area contributed by atoms with Crippen molar-refractivity contribution >= 4 is 23.3 Å². The molecule has 2 aliphatic heterocycles. The Morgan fingerprint density at radius 3 is 2.72 bits per heavy atom. The van der Waals surface area contributed by atoms with Crippen LogP contribution in [0.5, 0.6) is 0 Å². The Labute approximate surface area is 143 Å². The molecule has 134 valence electrons. The number of nitrogens with one attached hydrogen (secondary N) is 1. The number of carbonyl (C=O) groups is 2. The van der Waals surface area contributed by atoms with Crippen LogP contribution in [0.2, 0.25) is 0 Å². The Kier molecular flexibility index (Phi) is 4.98. The van der Waals surface area contributed by atoms with E-state index in [1.807, 2.05) is 0 Å². The molecule has 1 N–H and O–H groups in total. The highest BCUT2D eigenvalue weighted by molar-refractivity contribution is 5.90. The van der Waals surface area contributed by atoms with E-state index in [0.29, 0.717) is 25.1 Å². The van der Waals surface area contributed by atoms with Crippen LogP contribution in [0.1, 0.15) is 18.9 Å². The lowest BCUT2D eigenvalue weighted by atomic mass is 9.98. The number of benzene rings is 1. The second kappa shape index (κ2) is 7.18. The zero-order valence-electron chi connectivity index (χ0n) is 13.7. The highest BCUT2D eigenvalue weighted by atomic mass is 19.1. The summed E-state index contributed by atoms with van der Waals surface area (Å²) < 4.78 is 38.8. The summed E-state index contributed by atoms with van der Waals surface area (Å²) in [6.45, 7) is 2.42. The van der Waals surface area contributed by atoms with Crippen molar-refractivity contribution in [3.8, 4) is 0 Å². The van der Waals surface area contributed by atoms with E-state index in [-0.39, 0.29) is 24.4 Å². The summed E-state index contributed by atoms with van der Waals surface area (Å²) in [6.07, 6.45) is 0.881. The number of nitrogens with zero attached hydrogens (tertiary/aromatic N) is 1. The molecule has 0 aromatic heterocycles. The molecule has 0 bridgehead atoms. The van der Waals surface area contributed by atoms with Gasteiger partial charge in [0.15, 0.2) is 6.10 Å². The van der Waals surface area contributed by atoms with Gasteiger partial charge < -0.3 is 14.8 Å². The molecule has 0 spiro atoms. The first-order chi connectivity index (χ1) is 12.0. The van der Waals surface area contributed by atoms with Gasteiger partial charge in [0.2, 0.25) is 0 Å². The first-order valence-electron chi connectivity index (χ1n) is 7.96. The predicted octanol–water partition coefficient (Wildman–Crippen LogP) is 2.23. The molecular formula is C17H18F2N2O4. The van der Waals surface area contributed by atoms with E-state index in [9.17, 15) is 18.4 Å². The lowest BCUT2D eigenvalue weighted by molar-refractivity contribution is -0.143. The maximum absolute atomic E-state index is 14.5. The fourth-order valence-corrected chi connectivity index (χ4v) is 2.90. The summed E-state index contributed by atoms with van der Waals surface area (Å²) >= 11 is 0. The number of carbonyl (C=O) groups excluding carboxylic acids is 2. The molecule has 3 rings (SSSR count). The fourth-order valence-electron chi connectivity index (χ4n) is 2.90. The number of esters is 1. The minimum atomic E-state index is -0.732. The minimum Gasteiger partial charge on any atom is -0.462 e. The van der Waals surface area contributed by atoms with Crippen LogP contribution < -0.4 is 10.2 Å².